The molecule has 2 rings (SSSR count). The molecular weight excluding hydrogens is 160 g/mol. The van der Waals surface area contributed by atoms with Crippen molar-refractivity contribution in [3.05, 3.63) is 0 Å². The van der Waals surface area contributed by atoms with Gasteiger partial charge in [0.1, 0.15) is 0 Å². The molecule has 0 bridgehead atoms. The number of likely N-dealkylation sites (tertiary alicyclic amines) is 2. The van der Waals surface area contributed by atoms with E-state index in [0.29, 0.717) is 0 Å². The number of fused-ring (bicyclic) bond motifs is 1. The minimum atomic E-state index is 0.742. The monoisotopic (exact) mass is 182 g/mol. The number of rotatable bonds is 2. The molecule has 0 spiro atoms. The molecule has 0 aliphatic carbocycles. The van der Waals surface area contributed by atoms with E-state index in [1.807, 2.05) is 0 Å². The maximum Gasteiger partial charge on any atom is 0.0266 e. The summed E-state index contributed by atoms with van der Waals surface area (Å²) in [4.78, 5) is 5.30. The highest BCUT2D eigenvalue weighted by Crippen LogP contribution is 2.32. The van der Waals surface area contributed by atoms with Gasteiger partial charge in [-0.2, -0.15) is 0 Å². The molecule has 13 heavy (non-hydrogen) atoms. The zero-order chi connectivity index (χ0) is 9.42. The second-order valence-electron chi connectivity index (χ2n) is 4.80. The normalized spacial score (nSPS) is 36.0. The van der Waals surface area contributed by atoms with Gasteiger partial charge in [0, 0.05) is 25.2 Å². The van der Waals surface area contributed by atoms with Crippen molar-refractivity contribution in [1.82, 2.24) is 9.80 Å². The second kappa shape index (κ2) is 3.58. The molecule has 0 aromatic heterocycles. The van der Waals surface area contributed by atoms with Gasteiger partial charge < -0.3 is 4.90 Å². The Labute approximate surface area is 81.9 Å². The average molecular weight is 182 g/mol. The van der Waals surface area contributed by atoms with E-state index in [-0.39, 0.29) is 0 Å². The van der Waals surface area contributed by atoms with Crippen molar-refractivity contribution < 1.29 is 0 Å². The van der Waals surface area contributed by atoms with Crippen LogP contribution in [0.15, 0.2) is 0 Å². The highest BCUT2D eigenvalue weighted by atomic mass is 15.3. The Hall–Kier alpha value is -0.0800. The van der Waals surface area contributed by atoms with E-state index in [4.69, 9.17) is 0 Å². The summed E-state index contributed by atoms with van der Waals surface area (Å²) in [5.41, 5.74) is 0. The van der Waals surface area contributed by atoms with E-state index in [2.05, 4.69) is 30.6 Å². The summed E-state index contributed by atoms with van der Waals surface area (Å²) in [5.74, 6) is 0.974. The lowest BCUT2D eigenvalue weighted by Crippen LogP contribution is -2.39. The van der Waals surface area contributed by atoms with E-state index >= 15 is 0 Å². The zero-order valence-corrected chi connectivity index (χ0v) is 9.16. The fourth-order valence-corrected chi connectivity index (χ4v) is 2.98. The van der Waals surface area contributed by atoms with E-state index in [1.165, 1.54) is 32.6 Å². The SMILES string of the molecule is CCN1CC2CCN(C(C)C)C2C1. The molecule has 0 amide bonds. The summed E-state index contributed by atoms with van der Waals surface area (Å²) in [7, 11) is 0. The molecule has 2 atom stereocenters. The molecule has 2 heteroatoms. The highest BCUT2D eigenvalue weighted by Gasteiger charge is 2.41. The van der Waals surface area contributed by atoms with Crippen molar-refractivity contribution in [2.75, 3.05) is 26.2 Å². The van der Waals surface area contributed by atoms with Gasteiger partial charge in [-0.15, -0.1) is 0 Å². The number of likely N-dealkylation sites (N-methyl/N-ethyl adjacent to an activating group) is 1. The van der Waals surface area contributed by atoms with Gasteiger partial charge >= 0.3 is 0 Å². The van der Waals surface area contributed by atoms with E-state index in [0.717, 1.165) is 18.0 Å². The summed E-state index contributed by atoms with van der Waals surface area (Å²) in [5, 5.41) is 0. The predicted molar refractivity (Wildman–Crippen MR) is 55.9 cm³/mol. The second-order valence-corrected chi connectivity index (χ2v) is 4.80. The first-order valence-electron chi connectivity index (χ1n) is 5.70. The van der Waals surface area contributed by atoms with Crippen molar-refractivity contribution in [3.8, 4) is 0 Å². The van der Waals surface area contributed by atoms with Crippen LogP contribution in [0.3, 0.4) is 0 Å². The summed E-state index contributed by atoms with van der Waals surface area (Å²) >= 11 is 0. The zero-order valence-electron chi connectivity index (χ0n) is 9.16. The molecule has 0 N–H and O–H groups in total. The van der Waals surface area contributed by atoms with E-state index in [1.54, 1.807) is 0 Å². The van der Waals surface area contributed by atoms with E-state index < -0.39 is 0 Å². The number of hydrogen-bond acceptors (Lipinski definition) is 2. The van der Waals surface area contributed by atoms with Gasteiger partial charge in [-0.05, 0) is 39.3 Å². The molecule has 2 nitrogen and oxygen atoms in total. The minimum absolute atomic E-state index is 0.742. The molecule has 2 fully saturated rings. The van der Waals surface area contributed by atoms with Gasteiger partial charge in [-0.25, -0.2) is 0 Å². The fraction of sp³-hybridized carbons (Fsp3) is 1.00. The standard InChI is InChI=1S/C11H22N2/c1-4-12-7-10-5-6-13(9(2)3)11(10)8-12/h9-11H,4-8H2,1-3H3. The van der Waals surface area contributed by atoms with Crippen LogP contribution in [0.5, 0.6) is 0 Å². The largest absolute Gasteiger partial charge is 0.302 e. The van der Waals surface area contributed by atoms with Crippen LogP contribution in [-0.4, -0.2) is 48.1 Å². The van der Waals surface area contributed by atoms with Crippen LogP contribution >= 0.6 is 0 Å². The van der Waals surface area contributed by atoms with Crippen LogP contribution in [-0.2, 0) is 0 Å². The van der Waals surface area contributed by atoms with Crippen LogP contribution in [0.25, 0.3) is 0 Å². The molecular formula is C11H22N2. The lowest BCUT2D eigenvalue weighted by molar-refractivity contribution is 0.187. The van der Waals surface area contributed by atoms with Gasteiger partial charge in [0.2, 0.25) is 0 Å². The quantitative estimate of drug-likeness (QED) is 0.637. The van der Waals surface area contributed by atoms with Gasteiger partial charge in [0.15, 0.2) is 0 Å². The third kappa shape index (κ3) is 1.62. The van der Waals surface area contributed by atoms with Crippen LogP contribution in [0, 0.1) is 5.92 Å². The Kier molecular flexibility index (Phi) is 2.61. The molecule has 2 heterocycles. The number of hydrogen-bond donors (Lipinski definition) is 0. The topological polar surface area (TPSA) is 6.48 Å². The summed E-state index contributed by atoms with van der Waals surface area (Å²) in [6.07, 6.45) is 1.43. The van der Waals surface area contributed by atoms with Crippen LogP contribution < -0.4 is 0 Å². The Morgan fingerprint density at radius 1 is 1.31 bits per heavy atom. The van der Waals surface area contributed by atoms with Gasteiger partial charge in [0.05, 0.1) is 0 Å². The molecule has 2 saturated heterocycles. The van der Waals surface area contributed by atoms with Crippen LogP contribution in [0.1, 0.15) is 27.2 Å². The number of nitrogens with zero attached hydrogens (tertiary/aromatic N) is 2. The lowest BCUT2D eigenvalue weighted by atomic mass is 10.0. The summed E-state index contributed by atoms with van der Waals surface area (Å²) in [6, 6.07) is 1.62. The van der Waals surface area contributed by atoms with Crippen LogP contribution in [0.2, 0.25) is 0 Å². The first kappa shape index (κ1) is 9.47. The van der Waals surface area contributed by atoms with E-state index in [9.17, 15) is 0 Å². The van der Waals surface area contributed by atoms with Gasteiger partial charge in [0.25, 0.3) is 0 Å². The van der Waals surface area contributed by atoms with Gasteiger partial charge in [-0.3, -0.25) is 4.90 Å². The average Bonchev–Trinajstić information content (AvgIpc) is 2.59. The Morgan fingerprint density at radius 3 is 2.69 bits per heavy atom. The molecule has 0 aromatic carbocycles. The maximum absolute atomic E-state index is 2.69. The van der Waals surface area contributed by atoms with Crippen molar-refractivity contribution in [3.63, 3.8) is 0 Å². The molecule has 76 valence electrons. The molecule has 2 aliphatic rings. The van der Waals surface area contributed by atoms with Crippen LogP contribution in [0.4, 0.5) is 0 Å². The van der Waals surface area contributed by atoms with Crippen molar-refractivity contribution in [1.29, 1.82) is 0 Å². The summed E-state index contributed by atoms with van der Waals surface area (Å²) < 4.78 is 0. The predicted octanol–water partition coefficient (Wildman–Crippen LogP) is 1.42. The lowest BCUT2D eigenvalue weighted by Gasteiger charge is -2.28. The summed E-state index contributed by atoms with van der Waals surface area (Å²) in [6.45, 7) is 12.2. The third-order valence-corrected chi connectivity index (χ3v) is 3.78. The first-order chi connectivity index (χ1) is 6.22. The Balaban J connectivity index is 1.99. The molecule has 0 aromatic rings. The molecule has 2 aliphatic heterocycles. The van der Waals surface area contributed by atoms with Crippen molar-refractivity contribution in [2.45, 2.75) is 39.3 Å². The smallest absolute Gasteiger partial charge is 0.0266 e. The molecule has 0 saturated carbocycles. The minimum Gasteiger partial charge on any atom is -0.302 e. The Morgan fingerprint density at radius 2 is 2.08 bits per heavy atom. The maximum atomic E-state index is 2.69. The molecule has 0 radical (unpaired) electrons. The van der Waals surface area contributed by atoms with Crippen molar-refractivity contribution >= 4 is 0 Å². The molecule has 2 unspecified atom stereocenters. The highest BCUT2D eigenvalue weighted by molar-refractivity contribution is 4.96. The fourth-order valence-electron chi connectivity index (χ4n) is 2.98. The Bertz CT molecular complexity index is 179. The van der Waals surface area contributed by atoms with Crippen molar-refractivity contribution in [2.24, 2.45) is 5.92 Å². The third-order valence-electron chi connectivity index (χ3n) is 3.78. The van der Waals surface area contributed by atoms with Gasteiger partial charge in [-0.1, -0.05) is 6.92 Å². The first-order valence-corrected chi connectivity index (χ1v) is 5.70.